The van der Waals surface area contributed by atoms with E-state index in [-0.39, 0.29) is 17.7 Å². The Hall–Kier alpha value is -1.44. The van der Waals surface area contributed by atoms with Crippen molar-refractivity contribution in [3.63, 3.8) is 0 Å². The lowest BCUT2D eigenvalue weighted by Gasteiger charge is -2.23. The summed E-state index contributed by atoms with van der Waals surface area (Å²) in [5, 5.41) is 5.34. The molecule has 1 saturated heterocycles. The highest BCUT2D eigenvalue weighted by molar-refractivity contribution is 7.20. The van der Waals surface area contributed by atoms with Crippen LogP contribution in [0.2, 0.25) is 4.34 Å². The first-order valence-corrected chi connectivity index (χ1v) is 10.5. The number of nitrogens with zero attached hydrogens (tertiary/aromatic N) is 2. The average molecular weight is 396 g/mol. The molecule has 0 bridgehead atoms. The Morgan fingerprint density at radius 1 is 1.32 bits per heavy atom. The zero-order valence-electron chi connectivity index (χ0n) is 13.5. The minimum Gasteiger partial charge on any atom is -0.339 e. The van der Waals surface area contributed by atoms with Crippen LogP contribution in [0.4, 0.5) is 5.13 Å². The molecule has 0 spiro atoms. The summed E-state index contributed by atoms with van der Waals surface area (Å²) in [6.07, 6.45) is 4.81. The molecule has 1 saturated carbocycles. The maximum Gasteiger partial charge on any atom is 0.231 e. The second-order valence-corrected chi connectivity index (χ2v) is 9.09. The quantitative estimate of drug-likeness (QED) is 0.841. The molecule has 4 rings (SSSR count). The van der Waals surface area contributed by atoms with Crippen molar-refractivity contribution in [2.24, 2.45) is 5.92 Å². The lowest BCUT2D eigenvalue weighted by molar-refractivity contribution is -0.129. The molecule has 2 aromatic rings. The highest BCUT2D eigenvalue weighted by Crippen LogP contribution is 2.34. The molecule has 1 unspecified atom stereocenters. The largest absolute Gasteiger partial charge is 0.339 e. The third-order valence-electron chi connectivity index (χ3n) is 4.85. The van der Waals surface area contributed by atoms with E-state index < -0.39 is 0 Å². The van der Waals surface area contributed by atoms with Crippen LogP contribution < -0.4 is 5.32 Å². The van der Waals surface area contributed by atoms with Gasteiger partial charge in [0.05, 0.1) is 20.8 Å². The molecule has 25 heavy (non-hydrogen) atoms. The van der Waals surface area contributed by atoms with E-state index in [0.717, 1.165) is 23.4 Å². The molecule has 1 N–H and O–H groups in total. The molecule has 1 atom stereocenters. The number of thiazole rings is 1. The first-order valence-electron chi connectivity index (χ1n) is 8.42. The SMILES string of the molecule is O=C(Nc1nc(-c2ccc(Cl)s2)cs1)C1CC(=O)N(C2CCCC2)C1. The Bertz CT molecular complexity index is 797. The zero-order chi connectivity index (χ0) is 17.4. The smallest absolute Gasteiger partial charge is 0.231 e. The van der Waals surface area contributed by atoms with Gasteiger partial charge < -0.3 is 10.2 Å². The van der Waals surface area contributed by atoms with Crippen molar-refractivity contribution >= 4 is 51.2 Å². The third kappa shape index (κ3) is 3.59. The molecule has 2 amide bonds. The summed E-state index contributed by atoms with van der Waals surface area (Å²) in [6, 6.07) is 4.09. The van der Waals surface area contributed by atoms with Gasteiger partial charge in [0.15, 0.2) is 5.13 Å². The Balaban J connectivity index is 1.39. The molecular formula is C17H18ClN3O2S2. The highest BCUT2D eigenvalue weighted by Gasteiger charge is 2.38. The number of rotatable bonds is 4. The summed E-state index contributed by atoms with van der Waals surface area (Å²) in [6.45, 7) is 0.536. The van der Waals surface area contributed by atoms with E-state index in [1.807, 2.05) is 22.4 Å². The number of aromatic nitrogens is 1. The number of thiophene rings is 1. The fourth-order valence-electron chi connectivity index (χ4n) is 3.58. The fraction of sp³-hybridized carbons (Fsp3) is 0.471. The molecule has 8 heteroatoms. The molecule has 2 aromatic heterocycles. The van der Waals surface area contributed by atoms with Gasteiger partial charge in [-0.25, -0.2) is 4.98 Å². The summed E-state index contributed by atoms with van der Waals surface area (Å²) in [5.41, 5.74) is 0.812. The van der Waals surface area contributed by atoms with Crippen molar-refractivity contribution in [2.75, 3.05) is 11.9 Å². The van der Waals surface area contributed by atoms with Gasteiger partial charge in [0.25, 0.3) is 0 Å². The van der Waals surface area contributed by atoms with Crippen molar-refractivity contribution in [1.29, 1.82) is 0 Å². The molecule has 0 radical (unpaired) electrons. The summed E-state index contributed by atoms with van der Waals surface area (Å²) in [5.74, 6) is -0.282. The zero-order valence-corrected chi connectivity index (χ0v) is 15.9. The number of hydrogen-bond donors (Lipinski definition) is 1. The summed E-state index contributed by atoms with van der Waals surface area (Å²) in [7, 11) is 0. The van der Waals surface area contributed by atoms with Gasteiger partial charge in [-0.05, 0) is 25.0 Å². The van der Waals surface area contributed by atoms with Crippen molar-refractivity contribution < 1.29 is 9.59 Å². The summed E-state index contributed by atoms with van der Waals surface area (Å²) < 4.78 is 0.713. The van der Waals surface area contributed by atoms with Crippen LogP contribution in [0.25, 0.3) is 10.6 Å². The van der Waals surface area contributed by atoms with Crippen LogP contribution in [0, 0.1) is 5.92 Å². The standard InChI is InChI=1S/C17H18ClN3O2S2/c18-14-6-5-13(25-14)12-9-24-17(19-12)20-16(23)10-7-15(22)21(8-10)11-3-1-2-4-11/h5-6,9-11H,1-4,7-8H2,(H,19,20,23). The van der Waals surface area contributed by atoms with Crippen molar-refractivity contribution in [3.05, 3.63) is 21.8 Å². The molecule has 2 fully saturated rings. The van der Waals surface area contributed by atoms with Gasteiger partial charge in [-0.2, -0.15) is 0 Å². The van der Waals surface area contributed by atoms with Crippen LogP contribution in [-0.4, -0.2) is 34.3 Å². The average Bonchev–Trinajstić information content (AvgIpc) is 3.32. The van der Waals surface area contributed by atoms with E-state index in [4.69, 9.17) is 11.6 Å². The topological polar surface area (TPSA) is 62.3 Å². The monoisotopic (exact) mass is 395 g/mol. The van der Waals surface area contributed by atoms with Crippen LogP contribution in [0.15, 0.2) is 17.5 Å². The van der Waals surface area contributed by atoms with Crippen LogP contribution in [0.1, 0.15) is 32.1 Å². The third-order valence-corrected chi connectivity index (χ3v) is 6.87. The summed E-state index contributed by atoms with van der Waals surface area (Å²) >= 11 is 8.80. The highest BCUT2D eigenvalue weighted by atomic mass is 35.5. The van der Waals surface area contributed by atoms with Crippen LogP contribution >= 0.6 is 34.3 Å². The minimum absolute atomic E-state index is 0.111. The molecule has 1 aliphatic heterocycles. The van der Waals surface area contributed by atoms with Gasteiger partial charge in [0.1, 0.15) is 0 Å². The maximum absolute atomic E-state index is 12.5. The Morgan fingerprint density at radius 3 is 2.84 bits per heavy atom. The molecule has 5 nitrogen and oxygen atoms in total. The first kappa shape index (κ1) is 17.0. The van der Waals surface area contributed by atoms with Gasteiger partial charge in [-0.3, -0.25) is 9.59 Å². The number of anilines is 1. The molecule has 2 aliphatic rings. The van der Waals surface area contributed by atoms with Crippen LogP contribution in [0.5, 0.6) is 0 Å². The minimum atomic E-state index is -0.281. The van der Waals surface area contributed by atoms with E-state index in [2.05, 4.69) is 10.3 Å². The number of carbonyl (C=O) groups excluding carboxylic acids is 2. The number of nitrogens with one attached hydrogen (secondary N) is 1. The molecule has 3 heterocycles. The summed E-state index contributed by atoms with van der Waals surface area (Å²) in [4.78, 5) is 32.1. The lowest BCUT2D eigenvalue weighted by atomic mass is 10.1. The van der Waals surface area contributed by atoms with E-state index >= 15 is 0 Å². The predicted molar refractivity (Wildman–Crippen MR) is 101 cm³/mol. The number of halogens is 1. The van der Waals surface area contributed by atoms with Gasteiger partial charge in [-0.1, -0.05) is 24.4 Å². The van der Waals surface area contributed by atoms with E-state index in [1.165, 1.54) is 35.5 Å². The molecule has 132 valence electrons. The van der Waals surface area contributed by atoms with Gasteiger partial charge in [-0.15, -0.1) is 22.7 Å². The lowest BCUT2D eigenvalue weighted by Crippen LogP contribution is -2.35. The van der Waals surface area contributed by atoms with E-state index in [1.54, 1.807) is 0 Å². The molecule has 1 aliphatic carbocycles. The van der Waals surface area contributed by atoms with Crippen LogP contribution in [-0.2, 0) is 9.59 Å². The number of carbonyl (C=O) groups is 2. The molecule has 0 aromatic carbocycles. The first-order chi connectivity index (χ1) is 12.1. The van der Waals surface area contributed by atoms with Crippen LogP contribution in [0.3, 0.4) is 0 Å². The van der Waals surface area contributed by atoms with E-state index in [9.17, 15) is 9.59 Å². The Morgan fingerprint density at radius 2 is 2.12 bits per heavy atom. The predicted octanol–water partition coefficient (Wildman–Crippen LogP) is 4.25. The second-order valence-electron chi connectivity index (χ2n) is 6.52. The Kier molecular flexibility index (Phi) is 4.80. The van der Waals surface area contributed by atoms with Crippen molar-refractivity contribution in [2.45, 2.75) is 38.1 Å². The Labute approximate surface area is 159 Å². The number of amides is 2. The van der Waals surface area contributed by atoms with Gasteiger partial charge in [0, 0.05) is 24.4 Å². The molecular weight excluding hydrogens is 378 g/mol. The number of hydrogen-bond acceptors (Lipinski definition) is 5. The second kappa shape index (κ2) is 7.05. The number of likely N-dealkylation sites (tertiary alicyclic amines) is 1. The van der Waals surface area contributed by atoms with Gasteiger partial charge >= 0.3 is 0 Å². The van der Waals surface area contributed by atoms with E-state index in [0.29, 0.717) is 28.5 Å². The normalized spacial score (nSPS) is 21.2. The fourth-order valence-corrected chi connectivity index (χ4v) is 5.37. The van der Waals surface area contributed by atoms with Crippen molar-refractivity contribution in [3.8, 4) is 10.6 Å². The van der Waals surface area contributed by atoms with Crippen molar-refractivity contribution in [1.82, 2.24) is 9.88 Å². The maximum atomic E-state index is 12.5. The van der Waals surface area contributed by atoms with Gasteiger partial charge in [0.2, 0.25) is 11.8 Å².